The topological polar surface area (TPSA) is 87.7 Å². The molecule has 0 radical (unpaired) electrons. The van der Waals surface area contributed by atoms with Gasteiger partial charge in [-0.2, -0.15) is 0 Å². The lowest BCUT2D eigenvalue weighted by Gasteiger charge is -2.21. The smallest absolute Gasteiger partial charge is 0.237 e. The van der Waals surface area contributed by atoms with Crippen molar-refractivity contribution in [2.45, 2.75) is 13.8 Å². The molecule has 0 fully saturated rings. The molecule has 1 rings (SSSR count). The molecule has 1 amide bonds. The first-order valence-corrected chi connectivity index (χ1v) is 5.78. The second kappa shape index (κ2) is 5.46. The Hall–Kier alpha value is -1.46. The quantitative estimate of drug-likeness (QED) is 0.346. The van der Waals surface area contributed by atoms with E-state index in [1.54, 1.807) is 18.2 Å². The average molecular weight is 290 g/mol. The minimum Gasteiger partial charge on any atom is -0.409 e. The summed E-state index contributed by atoms with van der Waals surface area (Å²) in [6.07, 6.45) is 0. The summed E-state index contributed by atoms with van der Waals surface area (Å²) >= 11 is 11.6. The van der Waals surface area contributed by atoms with Gasteiger partial charge in [-0.1, -0.05) is 28.4 Å². The fraction of sp³-hybridized carbons (Fsp3) is 0.273. The molecule has 0 aliphatic rings. The second-order valence-electron chi connectivity index (χ2n) is 4.22. The van der Waals surface area contributed by atoms with Gasteiger partial charge >= 0.3 is 0 Å². The summed E-state index contributed by atoms with van der Waals surface area (Å²) in [6.45, 7) is 3.06. The number of oxime groups is 1. The standard InChI is InChI=1S/C11H13Cl2N3O2/c1-11(2,9(14)16-18)10(17)15-8-4-6(12)3-7(13)5-8/h3-5,18H,1-2H3,(H2,14,16)(H,15,17). The van der Waals surface area contributed by atoms with Crippen molar-refractivity contribution < 1.29 is 10.0 Å². The third kappa shape index (κ3) is 3.27. The summed E-state index contributed by atoms with van der Waals surface area (Å²) in [6, 6.07) is 4.65. The van der Waals surface area contributed by atoms with Crippen LogP contribution in [0.25, 0.3) is 0 Å². The normalized spacial score (nSPS) is 12.3. The van der Waals surface area contributed by atoms with Gasteiger partial charge in [-0.3, -0.25) is 4.79 Å². The Morgan fingerprint density at radius 1 is 1.33 bits per heavy atom. The fourth-order valence-corrected chi connectivity index (χ4v) is 1.68. The average Bonchev–Trinajstić information content (AvgIpc) is 2.26. The Balaban J connectivity index is 2.94. The molecule has 0 aromatic heterocycles. The van der Waals surface area contributed by atoms with Crippen LogP contribution in [-0.2, 0) is 4.79 Å². The Morgan fingerprint density at radius 3 is 2.28 bits per heavy atom. The summed E-state index contributed by atoms with van der Waals surface area (Å²) in [5, 5.41) is 14.9. The molecule has 0 unspecified atom stereocenters. The van der Waals surface area contributed by atoms with Crippen LogP contribution >= 0.6 is 23.2 Å². The van der Waals surface area contributed by atoms with Gasteiger partial charge in [0.25, 0.3) is 0 Å². The number of carbonyl (C=O) groups is 1. The predicted octanol–water partition coefficient (Wildman–Crippen LogP) is 2.70. The maximum atomic E-state index is 12.0. The number of anilines is 1. The number of benzene rings is 1. The SMILES string of the molecule is CC(C)(C(=O)Nc1cc(Cl)cc(Cl)c1)C(N)=NO. The van der Waals surface area contributed by atoms with Crippen molar-refractivity contribution in [3.63, 3.8) is 0 Å². The minimum atomic E-state index is -1.15. The summed E-state index contributed by atoms with van der Waals surface area (Å²) < 4.78 is 0. The number of amides is 1. The van der Waals surface area contributed by atoms with Crippen molar-refractivity contribution in [1.29, 1.82) is 0 Å². The molecule has 0 spiro atoms. The first-order chi connectivity index (χ1) is 8.27. The molecule has 0 bridgehead atoms. The molecule has 1 aromatic carbocycles. The largest absolute Gasteiger partial charge is 0.409 e. The second-order valence-corrected chi connectivity index (χ2v) is 5.10. The van der Waals surface area contributed by atoms with Gasteiger partial charge in [-0.15, -0.1) is 0 Å². The minimum absolute atomic E-state index is 0.187. The van der Waals surface area contributed by atoms with E-state index in [2.05, 4.69) is 10.5 Å². The highest BCUT2D eigenvalue weighted by molar-refractivity contribution is 6.35. The van der Waals surface area contributed by atoms with Crippen LogP contribution in [0, 0.1) is 5.41 Å². The van der Waals surface area contributed by atoms with E-state index in [1.807, 2.05) is 0 Å². The maximum absolute atomic E-state index is 12.0. The summed E-state index contributed by atoms with van der Waals surface area (Å²) in [4.78, 5) is 12.0. The molecule has 98 valence electrons. The first-order valence-electron chi connectivity index (χ1n) is 5.03. The van der Waals surface area contributed by atoms with Crippen LogP contribution in [0.5, 0.6) is 0 Å². The number of halogens is 2. The highest BCUT2D eigenvalue weighted by atomic mass is 35.5. The van der Waals surface area contributed by atoms with Crippen molar-refractivity contribution in [2.24, 2.45) is 16.3 Å². The van der Waals surface area contributed by atoms with Gasteiger partial charge < -0.3 is 16.3 Å². The number of carbonyl (C=O) groups excluding carboxylic acids is 1. The molecule has 0 heterocycles. The van der Waals surface area contributed by atoms with E-state index in [-0.39, 0.29) is 5.84 Å². The zero-order valence-electron chi connectivity index (χ0n) is 9.87. The van der Waals surface area contributed by atoms with E-state index in [9.17, 15) is 4.79 Å². The lowest BCUT2D eigenvalue weighted by Crippen LogP contribution is -2.42. The number of rotatable bonds is 3. The number of nitrogens with one attached hydrogen (secondary N) is 1. The summed E-state index contributed by atoms with van der Waals surface area (Å²) in [7, 11) is 0. The highest BCUT2D eigenvalue weighted by Gasteiger charge is 2.32. The molecule has 0 atom stereocenters. The Bertz CT molecular complexity index is 481. The number of nitrogens with two attached hydrogens (primary N) is 1. The van der Waals surface area contributed by atoms with Gasteiger partial charge in [0.1, 0.15) is 5.41 Å². The van der Waals surface area contributed by atoms with Crippen LogP contribution in [-0.4, -0.2) is 17.0 Å². The van der Waals surface area contributed by atoms with Gasteiger partial charge in [-0.25, -0.2) is 0 Å². The zero-order chi connectivity index (χ0) is 13.9. The van der Waals surface area contributed by atoms with Crippen molar-refractivity contribution in [3.05, 3.63) is 28.2 Å². The van der Waals surface area contributed by atoms with E-state index in [1.165, 1.54) is 13.8 Å². The van der Waals surface area contributed by atoms with Crippen molar-refractivity contribution in [1.82, 2.24) is 0 Å². The van der Waals surface area contributed by atoms with E-state index in [0.717, 1.165) is 0 Å². The predicted molar refractivity (Wildman–Crippen MR) is 72.3 cm³/mol. The third-order valence-corrected chi connectivity index (χ3v) is 2.87. The van der Waals surface area contributed by atoms with Crippen molar-refractivity contribution >= 4 is 40.6 Å². The first kappa shape index (κ1) is 14.6. The van der Waals surface area contributed by atoms with Crippen LogP contribution in [0.15, 0.2) is 23.4 Å². The lowest BCUT2D eigenvalue weighted by atomic mass is 9.91. The van der Waals surface area contributed by atoms with Crippen molar-refractivity contribution in [3.8, 4) is 0 Å². The molecular weight excluding hydrogens is 277 g/mol. The number of hydrogen-bond acceptors (Lipinski definition) is 3. The van der Waals surface area contributed by atoms with Gasteiger partial charge in [0.15, 0.2) is 5.84 Å². The van der Waals surface area contributed by atoms with Gasteiger partial charge in [0.2, 0.25) is 5.91 Å². The van der Waals surface area contributed by atoms with E-state index in [4.69, 9.17) is 34.1 Å². The van der Waals surface area contributed by atoms with Crippen LogP contribution in [0.4, 0.5) is 5.69 Å². The van der Waals surface area contributed by atoms with E-state index in [0.29, 0.717) is 15.7 Å². The molecular formula is C11H13Cl2N3O2. The van der Waals surface area contributed by atoms with Crippen LogP contribution < -0.4 is 11.1 Å². The molecule has 0 aliphatic heterocycles. The number of amidine groups is 1. The molecule has 4 N–H and O–H groups in total. The lowest BCUT2D eigenvalue weighted by molar-refractivity contribution is -0.121. The molecule has 18 heavy (non-hydrogen) atoms. The fourth-order valence-electron chi connectivity index (χ4n) is 1.15. The van der Waals surface area contributed by atoms with Crippen LogP contribution in [0.2, 0.25) is 10.0 Å². The molecule has 0 saturated carbocycles. The zero-order valence-corrected chi connectivity index (χ0v) is 11.4. The van der Waals surface area contributed by atoms with Crippen LogP contribution in [0.1, 0.15) is 13.8 Å². The molecule has 7 heteroatoms. The molecule has 0 saturated heterocycles. The van der Waals surface area contributed by atoms with E-state index < -0.39 is 11.3 Å². The monoisotopic (exact) mass is 289 g/mol. The Kier molecular flexibility index (Phi) is 4.43. The van der Waals surface area contributed by atoms with Gasteiger partial charge in [-0.05, 0) is 32.0 Å². The van der Waals surface area contributed by atoms with Gasteiger partial charge in [0.05, 0.1) is 0 Å². The van der Waals surface area contributed by atoms with E-state index >= 15 is 0 Å². The maximum Gasteiger partial charge on any atom is 0.237 e. The van der Waals surface area contributed by atoms with Gasteiger partial charge in [0, 0.05) is 15.7 Å². The highest BCUT2D eigenvalue weighted by Crippen LogP contribution is 2.24. The van der Waals surface area contributed by atoms with Crippen molar-refractivity contribution in [2.75, 3.05) is 5.32 Å². The summed E-state index contributed by atoms with van der Waals surface area (Å²) in [5.41, 5.74) is 4.74. The number of hydrogen-bond donors (Lipinski definition) is 3. The summed E-state index contributed by atoms with van der Waals surface area (Å²) in [5.74, 6) is -0.621. The molecule has 5 nitrogen and oxygen atoms in total. The molecule has 0 aliphatic carbocycles. The Labute approximate surface area is 115 Å². The Morgan fingerprint density at radius 2 is 1.83 bits per heavy atom. The van der Waals surface area contributed by atoms with Crippen LogP contribution in [0.3, 0.4) is 0 Å². The number of nitrogens with zero attached hydrogens (tertiary/aromatic N) is 1. The molecule has 1 aromatic rings. The third-order valence-electron chi connectivity index (χ3n) is 2.44.